The van der Waals surface area contributed by atoms with Gasteiger partial charge in [0.15, 0.2) is 0 Å². The predicted molar refractivity (Wildman–Crippen MR) is 125 cm³/mol. The van der Waals surface area contributed by atoms with Gasteiger partial charge in [0.05, 0.1) is 46.2 Å². The summed E-state index contributed by atoms with van der Waals surface area (Å²) < 4.78 is 27.2. The van der Waals surface area contributed by atoms with Gasteiger partial charge < -0.3 is 23.7 Å². The molecule has 0 fully saturated rings. The lowest BCUT2D eigenvalue weighted by Crippen LogP contribution is -2.13. The van der Waals surface area contributed by atoms with Crippen molar-refractivity contribution in [1.82, 2.24) is 0 Å². The lowest BCUT2D eigenvalue weighted by molar-refractivity contribution is 0.000164. The number of ether oxygens (including phenoxy) is 5. The van der Waals surface area contributed by atoms with Gasteiger partial charge in [0.25, 0.3) is 0 Å². The van der Waals surface area contributed by atoms with Crippen LogP contribution in [0.3, 0.4) is 0 Å². The van der Waals surface area contributed by atoms with Gasteiger partial charge in [0.1, 0.15) is 12.4 Å². The van der Waals surface area contributed by atoms with E-state index in [0.29, 0.717) is 52.9 Å². The minimum atomic E-state index is 0.155. The topological polar surface area (TPSA) is 46.2 Å². The third-order valence-electron chi connectivity index (χ3n) is 4.81. The molecule has 172 valence electrons. The maximum Gasteiger partial charge on any atom is 0.120 e. The molecule has 0 unspecified atom stereocenters. The standard InChI is InChI=1S/C26H38O5/c1-21-18-23(22-6-8-24(9-7-22)26(2,3)4)20-25(19-21)31-17-16-30-15-14-29-13-12-28-11-10-27-5/h6-9,18-20H,10-17H2,1-5H3. The Bertz CT molecular complexity index is 749. The van der Waals surface area contributed by atoms with Gasteiger partial charge in [0.2, 0.25) is 0 Å². The van der Waals surface area contributed by atoms with Gasteiger partial charge in [-0.15, -0.1) is 0 Å². The molecule has 0 bridgehead atoms. The average molecular weight is 431 g/mol. The highest BCUT2D eigenvalue weighted by molar-refractivity contribution is 5.66. The third kappa shape index (κ3) is 9.83. The molecule has 0 spiro atoms. The number of benzene rings is 2. The minimum Gasteiger partial charge on any atom is -0.491 e. The van der Waals surface area contributed by atoms with E-state index in [9.17, 15) is 0 Å². The van der Waals surface area contributed by atoms with Crippen molar-refractivity contribution in [3.05, 3.63) is 53.6 Å². The Kier molecular flexibility index (Phi) is 11.0. The molecule has 2 aromatic carbocycles. The monoisotopic (exact) mass is 430 g/mol. The van der Waals surface area contributed by atoms with E-state index in [-0.39, 0.29) is 5.41 Å². The minimum absolute atomic E-state index is 0.155. The van der Waals surface area contributed by atoms with Crippen molar-refractivity contribution in [1.29, 1.82) is 0 Å². The molecule has 5 nitrogen and oxygen atoms in total. The molecule has 0 aliphatic carbocycles. The van der Waals surface area contributed by atoms with E-state index in [1.54, 1.807) is 7.11 Å². The van der Waals surface area contributed by atoms with E-state index in [1.165, 1.54) is 16.7 Å². The maximum atomic E-state index is 5.91. The van der Waals surface area contributed by atoms with E-state index in [1.807, 2.05) is 0 Å². The zero-order chi connectivity index (χ0) is 22.5. The second kappa shape index (κ2) is 13.5. The smallest absolute Gasteiger partial charge is 0.120 e. The summed E-state index contributed by atoms with van der Waals surface area (Å²) in [6.45, 7) is 13.2. The van der Waals surface area contributed by atoms with E-state index in [0.717, 1.165) is 11.3 Å². The fraction of sp³-hybridized carbons (Fsp3) is 0.538. The number of hydrogen-bond acceptors (Lipinski definition) is 5. The summed E-state index contributed by atoms with van der Waals surface area (Å²) in [5.41, 5.74) is 5.02. The molecule has 0 aliphatic heterocycles. The first-order chi connectivity index (χ1) is 14.9. The zero-order valence-corrected chi connectivity index (χ0v) is 19.7. The molecular weight excluding hydrogens is 392 g/mol. The van der Waals surface area contributed by atoms with Gasteiger partial charge in [-0.2, -0.15) is 0 Å². The molecular formula is C26H38O5. The molecule has 31 heavy (non-hydrogen) atoms. The van der Waals surface area contributed by atoms with Crippen molar-refractivity contribution in [3.8, 4) is 16.9 Å². The fourth-order valence-electron chi connectivity index (χ4n) is 3.06. The van der Waals surface area contributed by atoms with Crippen LogP contribution in [-0.2, 0) is 24.4 Å². The van der Waals surface area contributed by atoms with Gasteiger partial charge in [-0.05, 0) is 46.7 Å². The highest BCUT2D eigenvalue weighted by Gasteiger charge is 2.13. The highest BCUT2D eigenvalue weighted by Crippen LogP contribution is 2.29. The second-order valence-electron chi connectivity index (χ2n) is 8.54. The third-order valence-corrected chi connectivity index (χ3v) is 4.81. The molecule has 2 rings (SSSR count). The van der Waals surface area contributed by atoms with Gasteiger partial charge in [-0.1, -0.05) is 51.1 Å². The van der Waals surface area contributed by atoms with Crippen LogP contribution >= 0.6 is 0 Å². The molecule has 0 aromatic heterocycles. The summed E-state index contributed by atoms with van der Waals surface area (Å²) in [6, 6.07) is 15.1. The SMILES string of the molecule is COCCOCCOCCOCCOc1cc(C)cc(-c2ccc(C(C)(C)C)cc2)c1. The molecule has 0 aliphatic rings. The first-order valence-electron chi connectivity index (χ1n) is 11.0. The van der Waals surface area contributed by atoms with Crippen molar-refractivity contribution in [3.63, 3.8) is 0 Å². The quantitative estimate of drug-likeness (QED) is 0.393. The first-order valence-corrected chi connectivity index (χ1v) is 11.0. The lowest BCUT2D eigenvalue weighted by atomic mass is 9.86. The van der Waals surface area contributed by atoms with Gasteiger partial charge in [-0.3, -0.25) is 0 Å². The van der Waals surface area contributed by atoms with Crippen molar-refractivity contribution in [2.45, 2.75) is 33.1 Å². The van der Waals surface area contributed by atoms with Gasteiger partial charge in [-0.25, -0.2) is 0 Å². The van der Waals surface area contributed by atoms with Crippen LogP contribution in [0.5, 0.6) is 5.75 Å². The summed E-state index contributed by atoms with van der Waals surface area (Å²) in [4.78, 5) is 0. The average Bonchev–Trinajstić information content (AvgIpc) is 2.73. The van der Waals surface area contributed by atoms with Crippen molar-refractivity contribution >= 4 is 0 Å². The Morgan fingerprint density at radius 3 is 1.74 bits per heavy atom. The molecule has 0 atom stereocenters. The number of rotatable bonds is 14. The molecule has 0 saturated heterocycles. The van der Waals surface area contributed by atoms with Crippen molar-refractivity contribution < 1.29 is 23.7 Å². The summed E-state index contributed by atoms with van der Waals surface area (Å²) in [7, 11) is 1.66. The second-order valence-corrected chi connectivity index (χ2v) is 8.54. The Morgan fingerprint density at radius 1 is 0.645 bits per heavy atom. The van der Waals surface area contributed by atoms with E-state index >= 15 is 0 Å². The molecule has 0 heterocycles. The summed E-state index contributed by atoms with van der Waals surface area (Å²) in [5.74, 6) is 0.864. The van der Waals surface area contributed by atoms with Crippen LogP contribution in [0, 0.1) is 6.92 Å². The normalized spacial score (nSPS) is 11.6. The van der Waals surface area contributed by atoms with Crippen LogP contribution in [-0.4, -0.2) is 60.0 Å². The number of hydrogen-bond donors (Lipinski definition) is 0. The highest BCUT2D eigenvalue weighted by atomic mass is 16.6. The molecule has 2 aromatic rings. The molecule has 0 saturated carbocycles. The molecule has 0 N–H and O–H groups in total. The number of aryl methyl sites for hydroxylation is 1. The predicted octanol–water partition coefficient (Wildman–Crippen LogP) is 5.03. The van der Waals surface area contributed by atoms with E-state index in [2.05, 4.69) is 70.2 Å². The Labute approximate surface area is 187 Å². The van der Waals surface area contributed by atoms with Gasteiger partial charge in [0, 0.05) is 7.11 Å². The van der Waals surface area contributed by atoms with Crippen LogP contribution in [0.4, 0.5) is 0 Å². The Hall–Kier alpha value is -1.92. The lowest BCUT2D eigenvalue weighted by Gasteiger charge is -2.19. The van der Waals surface area contributed by atoms with Crippen LogP contribution in [0.25, 0.3) is 11.1 Å². The van der Waals surface area contributed by atoms with Crippen molar-refractivity contribution in [2.75, 3.05) is 60.0 Å². The Balaban J connectivity index is 1.69. The fourth-order valence-corrected chi connectivity index (χ4v) is 3.06. The molecule has 5 heteroatoms. The number of methoxy groups -OCH3 is 1. The van der Waals surface area contributed by atoms with Crippen LogP contribution in [0.15, 0.2) is 42.5 Å². The summed E-state index contributed by atoms with van der Waals surface area (Å²) in [5, 5.41) is 0. The van der Waals surface area contributed by atoms with Crippen molar-refractivity contribution in [2.24, 2.45) is 0 Å². The summed E-state index contributed by atoms with van der Waals surface area (Å²) >= 11 is 0. The van der Waals surface area contributed by atoms with E-state index in [4.69, 9.17) is 23.7 Å². The molecule has 0 amide bonds. The largest absolute Gasteiger partial charge is 0.491 e. The molecule has 0 radical (unpaired) electrons. The zero-order valence-electron chi connectivity index (χ0n) is 19.7. The van der Waals surface area contributed by atoms with E-state index < -0.39 is 0 Å². The van der Waals surface area contributed by atoms with Crippen LogP contribution in [0.1, 0.15) is 31.9 Å². The Morgan fingerprint density at radius 2 is 1.19 bits per heavy atom. The summed E-state index contributed by atoms with van der Waals surface area (Å²) in [6.07, 6.45) is 0. The van der Waals surface area contributed by atoms with Crippen LogP contribution in [0.2, 0.25) is 0 Å². The van der Waals surface area contributed by atoms with Gasteiger partial charge >= 0.3 is 0 Å². The van der Waals surface area contributed by atoms with Crippen LogP contribution < -0.4 is 4.74 Å². The maximum absolute atomic E-state index is 5.91. The first kappa shape index (κ1) is 25.3.